The minimum Gasteiger partial charge on any atom is -0.497 e. The molecule has 2 saturated heterocycles. The fraction of sp³-hybridized carbons (Fsp3) is 0.387. The van der Waals surface area contributed by atoms with Crippen molar-refractivity contribution in [2.24, 2.45) is 0 Å². The van der Waals surface area contributed by atoms with E-state index in [1.165, 1.54) is 6.92 Å². The summed E-state index contributed by atoms with van der Waals surface area (Å²) < 4.78 is 24.1. The number of nitrogens with zero attached hydrogens (tertiary/aromatic N) is 1. The van der Waals surface area contributed by atoms with Crippen molar-refractivity contribution in [3.63, 3.8) is 0 Å². The number of likely N-dealkylation sites (N-methyl/N-ethyl adjacent to an activating group) is 1. The Bertz CT molecular complexity index is 1200. The van der Waals surface area contributed by atoms with E-state index in [1.807, 2.05) is 73.8 Å². The van der Waals surface area contributed by atoms with E-state index in [2.05, 4.69) is 17.0 Å². The van der Waals surface area contributed by atoms with Crippen LogP contribution in [0.5, 0.6) is 11.5 Å². The van der Waals surface area contributed by atoms with E-state index in [9.17, 15) is 9.90 Å². The van der Waals surface area contributed by atoms with E-state index < -0.39 is 17.4 Å². The number of aliphatic hydroxyl groups excluding tert-OH is 1. The molecule has 5 rings (SSSR count). The van der Waals surface area contributed by atoms with Crippen LogP contribution in [-0.4, -0.2) is 61.2 Å². The first kappa shape index (κ1) is 26.2. The van der Waals surface area contributed by atoms with Gasteiger partial charge in [0.25, 0.3) is 0 Å². The van der Waals surface area contributed by atoms with E-state index in [0.717, 1.165) is 28.2 Å². The number of piperidine rings is 1. The van der Waals surface area contributed by atoms with Crippen LogP contribution in [0.2, 0.25) is 0 Å². The molecule has 4 atom stereocenters. The van der Waals surface area contributed by atoms with Gasteiger partial charge in [0.1, 0.15) is 28.9 Å². The highest BCUT2D eigenvalue weighted by Crippen LogP contribution is 2.52. The smallest absolute Gasteiger partial charge is 0.302 e. The highest BCUT2D eigenvalue weighted by atomic mass is 16.6. The summed E-state index contributed by atoms with van der Waals surface area (Å²) in [5.41, 5.74) is 0.805. The Hall–Kier alpha value is -3.39. The maximum Gasteiger partial charge on any atom is 0.302 e. The van der Waals surface area contributed by atoms with Gasteiger partial charge in [-0.05, 0) is 48.0 Å². The van der Waals surface area contributed by atoms with E-state index >= 15 is 0 Å². The monoisotopic (exact) mass is 517 g/mol. The van der Waals surface area contributed by atoms with Crippen molar-refractivity contribution in [3.8, 4) is 11.5 Å². The minimum atomic E-state index is -1.05. The van der Waals surface area contributed by atoms with Crippen LogP contribution < -0.4 is 9.47 Å². The molecule has 0 amide bonds. The Morgan fingerprint density at radius 1 is 0.868 bits per heavy atom. The summed E-state index contributed by atoms with van der Waals surface area (Å²) in [5, 5.41) is 11.1. The molecule has 1 N–H and O–H groups in total. The lowest BCUT2D eigenvalue weighted by molar-refractivity contribution is -0.224. The van der Waals surface area contributed by atoms with Crippen molar-refractivity contribution in [1.82, 2.24) is 4.90 Å². The lowest BCUT2D eigenvalue weighted by Crippen LogP contribution is -2.58. The van der Waals surface area contributed by atoms with Gasteiger partial charge in [-0.25, -0.2) is 0 Å². The SMILES string of the molecule is COc1ccc(C(OC23CC(OC(C)=O)CC(C(O)C2)N3C)(c2ccccc2)c2ccc(OC)cc2)cc1. The van der Waals surface area contributed by atoms with Crippen molar-refractivity contribution in [1.29, 1.82) is 0 Å². The summed E-state index contributed by atoms with van der Waals surface area (Å²) in [6, 6.07) is 25.7. The van der Waals surface area contributed by atoms with Gasteiger partial charge >= 0.3 is 5.97 Å². The maximum atomic E-state index is 11.9. The molecule has 0 aliphatic carbocycles. The second kappa shape index (κ2) is 10.4. The number of rotatable bonds is 8. The minimum absolute atomic E-state index is 0.187. The average Bonchev–Trinajstić information content (AvgIpc) is 3.06. The summed E-state index contributed by atoms with van der Waals surface area (Å²) >= 11 is 0. The predicted octanol–water partition coefficient (Wildman–Crippen LogP) is 4.50. The quantitative estimate of drug-likeness (QED) is 0.348. The molecule has 0 saturated carbocycles. The number of hydrogen-bond acceptors (Lipinski definition) is 7. The topological polar surface area (TPSA) is 77.5 Å². The second-order valence-corrected chi connectivity index (χ2v) is 10.2. The molecular formula is C31H35NO6. The molecule has 3 aromatic carbocycles. The summed E-state index contributed by atoms with van der Waals surface area (Å²) in [6.45, 7) is 1.42. The van der Waals surface area contributed by atoms with Crippen LogP contribution in [0.3, 0.4) is 0 Å². The Labute approximate surface area is 223 Å². The molecule has 0 aromatic heterocycles. The summed E-state index contributed by atoms with van der Waals surface area (Å²) in [6.07, 6.45) is 0.433. The maximum absolute atomic E-state index is 11.9. The van der Waals surface area contributed by atoms with Crippen LogP contribution >= 0.6 is 0 Å². The highest BCUT2D eigenvalue weighted by Gasteiger charge is 2.59. The molecule has 7 nitrogen and oxygen atoms in total. The van der Waals surface area contributed by atoms with Gasteiger partial charge in [-0.3, -0.25) is 9.69 Å². The Kier molecular flexibility index (Phi) is 7.18. The standard InChI is InChI=1S/C31H35NO6/c1-21(33)37-27-18-28-29(34)20-30(19-27,32(28)2)38-31(22-8-6-5-7-9-22,23-10-14-25(35-3)15-11-23)24-12-16-26(36-4)17-13-24/h5-17,27-29,34H,18-20H2,1-4H3. The van der Waals surface area contributed by atoms with Crippen molar-refractivity contribution < 1.29 is 28.8 Å². The Morgan fingerprint density at radius 3 is 1.89 bits per heavy atom. The lowest BCUT2D eigenvalue weighted by Gasteiger charge is -2.50. The molecule has 38 heavy (non-hydrogen) atoms. The Morgan fingerprint density at radius 2 is 1.39 bits per heavy atom. The van der Waals surface area contributed by atoms with Gasteiger partial charge < -0.3 is 24.1 Å². The molecule has 2 heterocycles. The lowest BCUT2D eigenvalue weighted by atomic mass is 9.79. The van der Waals surface area contributed by atoms with Crippen LogP contribution in [0, 0.1) is 0 Å². The van der Waals surface area contributed by atoms with Crippen molar-refractivity contribution >= 4 is 5.97 Å². The fourth-order valence-corrected chi connectivity index (χ4v) is 6.18. The molecule has 4 unspecified atom stereocenters. The normalized spacial score (nSPS) is 25.1. The van der Waals surface area contributed by atoms with E-state index in [1.54, 1.807) is 14.2 Å². The van der Waals surface area contributed by atoms with Crippen LogP contribution in [0.4, 0.5) is 0 Å². The first-order valence-electron chi connectivity index (χ1n) is 12.9. The van der Waals surface area contributed by atoms with Crippen molar-refractivity contribution in [2.45, 2.75) is 55.8 Å². The van der Waals surface area contributed by atoms with Gasteiger partial charge in [0, 0.05) is 32.2 Å². The van der Waals surface area contributed by atoms with Crippen LogP contribution in [-0.2, 0) is 19.9 Å². The summed E-state index contributed by atoms with van der Waals surface area (Å²) in [4.78, 5) is 14.0. The molecule has 2 aliphatic rings. The van der Waals surface area contributed by atoms with Gasteiger partial charge in [0.2, 0.25) is 0 Å². The molecule has 2 bridgehead atoms. The zero-order valence-corrected chi connectivity index (χ0v) is 22.3. The summed E-state index contributed by atoms with van der Waals surface area (Å²) in [5.74, 6) is 1.15. The number of esters is 1. The number of ether oxygens (including phenoxy) is 4. The number of aliphatic hydroxyl groups is 1. The van der Waals surface area contributed by atoms with E-state index in [-0.39, 0.29) is 18.1 Å². The third kappa shape index (κ3) is 4.55. The average molecular weight is 518 g/mol. The van der Waals surface area contributed by atoms with Crippen molar-refractivity contribution in [2.75, 3.05) is 21.3 Å². The fourth-order valence-electron chi connectivity index (χ4n) is 6.18. The van der Waals surface area contributed by atoms with Crippen LogP contribution in [0.15, 0.2) is 78.9 Å². The van der Waals surface area contributed by atoms with E-state index in [0.29, 0.717) is 19.3 Å². The molecule has 3 aromatic rings. The zero-order chi connectivity index (χ0) is 26.9. The number of hydrogen-bond donors (Lipinski definition) is 1. The Balaban J connectivity index is 1.72. The predicted molar refractivity (Wildman–Crippen MR) is 143 cm³/mol. The third-order valence-electron chi connectivity index (χ3n) is 8.01. The summed E-state index contributed by atoms with van der Waals surface area (Å²) in [7, 11) is 5.28. The third-order valence-corrected chi connectivity index (χ3v) is 8.01. The van der Waals surface area contributed by atoms with Gasteiger partial charge in [0.05, 0.1) is 20.3 Å². The van der Waals surface area contributed by atoms with E-state index in [4.69, 9.17) is 18.9 Å². The number of fused-ring (bicyclic) bond motifs is 2. The molecule has 2 fully saturated rings. The molecule has 0 spiro atoms. The first-order chi connectivity index (χ1) is 18.3. The van der Waals surface area contributed by atoms with Crippen LogP contribution in [0.1, 0.15) is 42.9 Å². The zero-order valence-electron chi connectivity index (χ0n) is 22.3. The highest BCUT2D eigenvalue weighted by molar-refractivity contribution is 5.66. The largest absolute Gasteiger partial charge is 0.497 e. The molecule has 2 aliphatic heterocycles. The van der Waals surface area contributed by atoms with Gasteiger partial charge in [-0.1, -0.05) is 54.6 Å². The molecule has 7 heteroatoms. The molecule has 200 valence electrons. The number of carbonyl (C=O) groups is 1. The molecule has 0 radical (unpaired) electrons. The van der Waals surface area contributed by atoms with Gasteiger partial charge in [-0.2, -0.15) is 0 Å². The second-order valence-electron chi connectivity index (χ2n) is 10.2. The first-order valence-corrected chi connectivity index (χ1v) is 12.9. The van der Waals surface area contributed by atoms with Gasteiger partial charge in [0.15, 0.2) is 0 Å². The number of benzene rings is 3. The van der Waals surface area contributed by atoms with Crippen LogP contribution in [0.25, 0.3) is 0 Å². The number of carbonyl (C=O) groups excluding carboxylic acids is 1. The van der Waals surface area contributed by atoms with Crippen molar-refractivity contribution in [3.05, 3.63) is 95.6 Å². The molecular weight excluding hydrogens is 482 g/mol. The number of methoxy groups -OCH3 is 2. The van der Waals surface area contributed by atoms with Gasteiger partial charge in [-0.15, -0.1) is 0 Å².